The Hall–Kier alpha value is -0.410. The van der Waals surface area contributed by atoms with Crippen molar-refractivity contribution in [3.05, 3.63) is 34.1 Å². The van der Waals surface area contributed by atoms with Crippen LogP contribution in [0.15, 0.2) is 22.7 Å². The van der Waals surface area contributed by atoms with Gasteiger partial charge in [-0.2, -0.15) is 0 Å². The zero-order valence-corrected chi connectivity index (χ0v) is 8.77. The van der Waals surface area contributed by atoms with Crippen molar-refractivity contribution in [2.75, 3.05) is 6.54 Å². The third kappa shape index (κ3) is 1.92. The molecule has 1 nitrogen and oxygen atoms in total. The van der Waals surface area contributed by atoms with Crippen molar-refractivity contribution in [3.8, 4) is 0 Å². The summed E-state index contributed by atoms with van der Waals surface area (Å²) in [5, 5.41) is 3.38. The Bertz CT molecular complexity index is 308. The van der Waals surface area contributed by atoms with Crippen LogP contribution in [0.2, 0.25) is 0 Å². The minimum Gasteiger partial charge on any atom is -0.310 e. The molecule has 2 rings (SSSR count). The van der Waals surface area contributed by atoms with Crippen molar-refractivity contribution < 1.29 is 4.39 Å². The second kappa shape index (κ2) is 3.76. The Labute approximate surface area is 85.5 Å². The lowest BCUT2D eigenvalue weighted by molar-refractivity contribution is 0.611. The molecule has 1 atom stereocenters. The van der Waals surface area contributed by atoms with Gasteiger partial charge in [0.2, 0.25) is 0 Å². The number of hydrogen-bond acceptors (Lipinski definition) is 1. The number of halogens is 2. The molecule has 0 amide bonds. The molecule has 1 N–H and O–H groups in total. The summed E-state index contributed by atoms with van der Waals surface area (Å²) in [5.74, 6) is -0.193. The van der Waals surface area contributed by atoms with Crippen molar-refractivity contribution in [2.24, 2.45) is 0 Å². The fraction of sp³-hybridized carbons (Fsp3) is 0.400. The summed E-state index contributed by atoms with van der Waals surface area (Å²) >= 11 is 3.19. The molecule has 1 saturated heterocycles. The molecule has 0 spiro atoms. The first-order valence-electron chi connectivity index (χ1n) is 4.46. The smallest absolute Gasteiger partial charge is 0.137 e. The van der Waals surface area contributed by atoms with E-state index in [0.29, 0.717) is 10.5 Å². The van der Waals surface area contributed by atoms with Gasteiger partial charge in [0.1, 0.15) is 5.82 Å². The van der Waals surface area contributed by atoms with Crippen LogP contribution in [0.4, 0.5) is 4.39 Å². The van der Waals surface area contributed by atoms with Gasteiger partial charge in [0.05, 0.1) is 4.47 Å². The molecule has 1 heterocycles. The second-order valence-corrected chi connectivity index (χ2v) is 4.18. The lowest BCUT2D eigenvalue weighted by atomic mass is 10.1. The molecule has 1 fully saturated rings. The van der Waals surface area contributed by atoms with E-state index in [9.17, 15) is 4.39 Å². The summed E-state index contributed by atoms with van der Waals surface area (Å²) in [6, 6.07) is 5.64. The number of hydrogen-bond donors (Lipinski definition) is 1. The first kappa shape index (κ1) is 9.16. The molecular weight excluding hydrogens is 233 g/mol. The quantitative estimate of drug-likeness (QED) is 0.800. The highest BCUT2D eigenvalue weighted by Gasteiger charge is 2.16. The molecule has 70 valence electrons. The Morgan fingerprint density at radius 2 is 2.31 bits per heavy atom. The molecule has 0 aromatic heterocycles. The highest BCUT2D eigenvalue weighted by Crippen LogP contribution is 2.26. The largest absolute Gasteiger partial charge is 0.310 e. The summed E-state index contributed by atoms with van der Waals surface area (Å²) in [4.78, 5) is 0. The predicted octanol–water partition coefficient (Wildman–Crippen LogP) is 3.01. The molecule has 0 aliphatic carbocycles. The number of nitrogens with one attached hydrogen (secondary N) is 1. The van der Waals surface area contributed by atoms with Gasteiger partial charge in [0.15, 0.2) is 0 Å². The van der Waals surface area contributed by atoms with Crippen molar-refractivity contribution in [1.82, 2.24) is 5.32 Å². The van der Waals surface area contributed by atoms with Gasteiger partial charge in [-0.25, -0.2) is 4.39 Å². The van der Waals surface area contributed by atoms with Gasteiger partial charge in [-0.3, -0.25) is 0 Å². The fourth-order valence-corrected chi connectivity index (χ4v) is 2.09. The first-order valence-corrected chi connectivity index (χ1v) is 5.25. The van der Waals surface area contributed by atoms with Crippen molar-refractivity contribution in [3.63, 3.8) is 0 Å². The Kier molecular flexibility index (Phi) is 2.65. The van der Waals surface area contributed by atoms with Crippen LogP contribution in [0, 0.1) is 5.82 Å². The molecule has 0 bridgehead atoms. The monoisotopic (exact) mass is 243 g/mol. The zero-order chi connectivity index (χ0) is 9.26. The van der Waals surface area contributed by atoms with Crippen LogP contribution in [0.5, 0.6) is 0 Å². The Morgan fingerprint density at radius 1 is 1.46 bits per heavy atom. The first-order chi connectivity index (χ1) is 6.27. The van der Waals surface area contributed by atoms with Crippen molar-refractivity contribution in [1.29, 1.82) is 0 Å². The lowest BCUT2D eigenvalue weighted by Crippen LogP contribution is -2.12. The van der Waals surface area contributed by atoms with Crippen LogP contribution in [0.1, 0.15) is 24.4 Å². The Morgan fingerprint density at radius 3 is 2.92 bits per heavy atom. The van der Waals surface area contributed by atoms with E-state index in [2.05, 4.69) is 21.2 Å². The van der Waals surface area contributed by atoms with E-state index >= 15 is 0 Å². The van der Waals surface area contributed by atoms with Gasteiger partial charge >= 0.3 is 0 Å². The average Bonchev–Trinajstić information content (AvgIpc) is 2.62. The van der Waals surface area contributed by atoms with Crippen LogP contribution >= 0.6 is 15.9 Å². The van der Waals surface area contributed by atoms with Gasteiger partial charge in [0.25, 0.3) is 0 Å². The highest BCUT2D eigenvalue weighted by atomic mass is 79.9. The van der Waals surface area contributed by atoms with E-state index in [1.54, 1.807) is 0 Å². The van der Waals surface area contributed by atoms with Crippen molar-refractivity contribution >= 4 is 15.9 Å². The number of benzene rings is 1. The molecule has 1 aromatic rings. The van der Waals surface area contributed by atoms with E-state index in [4.69, 9.17) is 0 Å². The van der Waals surface area contributed by atoms with Gasteiger partial charge < -0.3 is 5.32 Å². The van der Waals surface area contributed by atoms with Crippen LogP contribution in [-0.4, -0.2) is 6.54 Å². The van der Waals surface area contributed by atoms with E-state index in [1.807, 2.05) is 12.1 Å². The standard InChI is InChI=1S/C10H11BrFN/c11-8-6-7(3-4-9(8)12)10-2-1-5-13-10/h3-4,6,10,13H,1-2,5H2/t10-/m0/s1. The van der Waals surface area contributed by atoms with E-state index in [1.165, 1.54) is 18.1 Å². The number of rotatable bonds is 1. The van der Waals surface area contributed by atoms with Crippen LogP contribution < -0.4 is 5.32 Å². The summed E-state index contributed by atoms with van der Waals surface area (Å²) in [6.07, 6.45) is 2.36. The van der Waals surface area contributed by atoms with E-state index in [-0.39, 0.29) is 5.82 Å². The van der Waals surface area contributed by atoms with Crippen molar-refractivity contribution in [2.45, 2.75) is 18.9 Å². The molecule has 1 aliphatic rings. The van der Waals surface area contributed by atoms with E-state index in [0.717, 1.165) is 13.0 Å². The molecular formula is C10H11BrFN. The third-order valence-corrected chi connectivity index (χ3v) is 3.01. The normalized spacial score (nSPS) is 22.2. The summed E-state index contributed by atoms with van der Waals surface area (Å²) in [7, 11) is 0. The summed E-state index contributed by atoms with van der Waals surface area (Å²) in [5.41, 5.74) is 1.17. The van der Waals surface area contributed by atoms with Crippen LogP contribution in [0.25, 0.3) is 0 Å². The minimum atomic E-state index is -0.193. The topological polar surface area (TPSA) is 12.0 Å². The SMILES string of the molecule is Fc1ccc([C@@H]2CCCN2)cc1Br. The van der Waals surface area contributed by atoms with Gasteiger partial charge in [0, 0.05) is 6.04 Å². The molecule has 0 unspecified atom stereocenters. The summed E-state index contributed by atoms with van der Waals surface area (Å²) in [6.45, 7) is 1.07. The fourth-order valence-electron chi connectivity index (χ4n) is 1.70. The maximum absolute atomic E-state index is 12.9. The molecule has 3 heteroatoms. The average molecular weight is 244 g/mol. The minimum absolute atomic E-state index is 0.193. The molecule has 1 aromatic carbocycles. The van der Waals surface area contributed by atoms with Crippen LogP contribution in [0.3, 0.4) is 0 Å². The predicted molar refractivity (Wildman–Crippen MR) is 54.1 cm³/mol. The maximum Gasteiger partial charge on any atom is 0.137 e. The third-order valence-electron chi connectivity index (χ3n) is 2.41. The van der Waals surface area contributed by atoms with Crippen LogP contribution in [-0.2, 0) is 0 Å². The Balaban J connectivity index is 2.25. The van der Waals surface area contributed by atoms with Gasteiger partial charge in [-0.05, 0) is 53.0 Å². The second-order valence-electron chi connectivity index (χ2n) is 3.32. The lowest BCUT2D eigenvalue weighted by Gasteiger charge is -2.10. The molecule has 0 saturated carbocycles. The van der Waals surface area contributed by atoms with E-state index < -0.39 is 0 Å². The summed E-state index contributed by atoms with van der Waals surface area (Å²) < 4.78 is 13.5. The maximum atomic E-state index is 12.9. The molecule has 13 heavy (non-hydrogen) atoms. The zero-order valence-electron chi connectivity index (χ0n) is 7.19. The van der Waals surface area contributed by atoms with Gasteiger partial charge in [-0.15, -0.1) is 0 Å². The van der Waals surface area contributed by atoms with Gasteiger partial charge in [-0.1, -0.05) is 6.07 Å². The highest BCUT2D eigenvalue weighted by molar-refractivity contribution is 9.10. The molecule has 1 aliphatic heterocycles. The molecule has 0 radical (unpaired) electrons.